The zero-order valence-electron chi connectivity index (χ0n) is 10.3. The van der Waals surface area contributed by atoms with E-state index < -0.39 is 12.2 Å². The lowest BCUT2D eigenvalue weighted by Crippen LogP contribution is -2.39. The van der Waals surface area contributed by atoms with Crippen LogP contribution in [0.1, 0.15) is 18.5 Å². The van der Waals surface area contributed by atoms with E-state index in [1.807, 2.05) is 36.1 Å². The summed E-state index contributed by atoms with van der Waals surface area (Å²) in [5.74, 6) is 0. The van der Waals surface area contributed by atoms with Crippen LogP contribution in [0.15, 0.2) is 28.7 Å². The van der Waals surface area contributed by atoms with Crippen molar-refractivity contribution in [1.82, 2.24) is 4.90 Å². The third-order valence-corrected chi connectivity index (χ3v) is 3.86. The van der Waals surface area contributed by atoms with Gasteiger partial charge < -0.3 is 15.9 Å². The lowest BCUT2D eigenvalue weighted by molar-refractivity contribution is 0.0572. The molecule has 0 aliphatic carbocycles. The summed E-state index contributed by atoms with van der Waals surface area (Å²) in [6, 6.07) is 7.93. The predicted molar refractivity (Wildman–Crippen MR) is 74.1 cm³/mol. The number of nitrogens with two attached hydrogens (primary N) is 1. The molecule has 0 aromatic heterocycles. The molecule has 0 radical (unpaired) electrons. The minimum atomic E-state index is -0.682. The third kappa shape index (κ3) is 2.92. The molecule has 0 saturated carbocycles. The van der Waals surface area contributed by atoms with Crippen LogP contribution in [0.3, 0.4) is 0 Å². The van der Waals surface area contributed by atoms with E-state index in [-0.39, 0.29) is 12.1 Å². The van der Waals surface area contributed by atoms with Gasteiger partial charge in [0.1, 0.15) is 0 Å². The van der Waals surface area contributed by atoms with E-state index >= 15 is 0 Å². The fourth-order valence-electron chi connectivity index (χ4n) is 2.56. The SMILES string of the molecule is CC(N)C(c1cccc(Br)c1)N1CC(O)C(O)C1. The minimum Gasteiger partial charge on any atom is -0.389 e. The summed E-state index contributed by atoms with van der Waals surface area (Å²) in [5.41, 5.74) is 7.17. The van der Waals surface area contributed by atoms with Crippen molar-refractivity contribution >= 4 is 15.9 Å². The standard InChI is InChI=1S/C13H19BrN2O2/c1-8(15)13(9-3-2-4-10(14)5-9)16-6-11(17)12(18)7-16/h2-5,8,11-13,17-18H,6-7,15H2,1H3. The van der Waals surface area contributed by atoms with Crippen molar-refractivity contribution in [1.29, 1.82) is 0 Å². The number of hydrogen-bond donors (Lipinski definition) is 3. The number of nitrogens with zero attached hydrogens (tertiary/aromatic N) is 1. The molecule has 4 unspecified atom stereocenters. The first kappa shape index (κ1) is 14.0. The van der Waals surface area contributed by atoms with E-state index in [0.29, 0.717) is 13.1 Å². The molecule has 0 bridgehead atoms. The largest absolute Gasteiger partial charge is 0.389 e. The molecule has 1 saturated heterocycles. The fourth-order valence-corrected chi connectivity index (χ4v) is 2.98. The molecule has 1 aliphatic rings. The van der Waals surface area contributed by atoms with Gasteiger partial charge in [0.2, 0.25) is 0 Å². The normalized spacial score (nSPS) is 28.3. The summed E-state index contributed by atoms with van der Waals surface area (Å²) in [5, 5.41) is 19.3. The average Bonchev–Trinajstić information content (AvgIpc) is 2.58. The molecule has 1 aromatic carbocycles. The Kier molecular flexibility index (Phi) is 4.40. The summed E-state index contributed by atoms with van der Waals surface area (Å²) in [4.78, 5) is 2.04. The van der Waals surface area contributed by atoms with Gasteiger partial charge in [0.25, 0.3) is 0 Å². The summed E-state index contributed by atoms with van der Waals surface area (Å²) < 4.78 is 1.01. The smallest absolute Gasteiger partial charge is 0.0938 e. The van der Waals surface area contributed by atoms with Crippen molar-refractivity contribution in [2.45, 2.75) is 31.2 Å². The molecule has 0 amide bonds. The molecule has 5 heteroatoms. The molecule has 1 aliphatic heterocycles. The number of halogens is 1. The third-order valence-electron chi connectivity index (χ3n) is 3.37. The van der Waals surface area contributed by atoms with Gasteiger partial charge in [0.05, 0.1) is 12.2 Å². The van der Waals surface area contributed by atoms with E-state index in [1.165, 1.54) is 0 Å². The van der Waals surface area contributed by atoms with Crippen LogP contribution in [0.4, 0.5) is 0 Å². The molecule has 4 N–H and O–H groups in total. The van der Waals surface area contributed by atoms with Gasteiger partial charge in [-0.25, -0.2) is 0 Å². The monoisotopic (exact) mass is 314 g/mol. The summed E-state index contributed by atoms with van der Waals surface area (Å²) in [6.07, 6.45) is -1.36. The van der Waals surface area contributed by atoms with Crippen molar-refractivity contribution in [2.24, 2.45) is 5.73 Å². The molecule has 100 valence electrons. The molecule has 0 spiro atoms. The van der Waals surface area contributed by atoms with Gasteiger partial charge >= 0.3 is 0 Å². The Bertz CT molecular complexity index is 404. The number of likely N-dealkylation sites (tertiary alicyclic amines) is 1. The highest BCUT2D eigenvalue weighted by Crippen LogP contribution is 2.29. The predicted octanol–water partition coefficient (Wildman–Crippen LogP) is 0.875. The lowest BCUT2D eigenvalue weighted by atomic mass is 10.00. The van der Waals surface area contributed by atoms with Gasteiger partial charge in [-0.2, -0.15) is 0 Å². The van der Waals surface area contributed by atoms with Crippen LogP contribution < -0.4 is 5.73 Å². The minimum absolute atomic E-state index is 0.00861. The molecule has 1 aromatic rings. The van der Waals surface area contributed by atoms with Crippen LogP contribution in [0.25, 0.3) is 0 Å². The number of aliphatic hydroxyl groups is 2. The van der Waals surface area contributed by atoms with Crippen molar-refractivity contribution < 1.29 is 10.2 Å². The number of β-amino-alcohol motifs (C(OH)–C–C–N with tert-alkyl or cyclic N) is 2. The molecule has 1 heterocycles. The molecule has 4 atom stereocenters. The van der Waals surface area contributed by atoms with Gasteiger partial charge in [-0.3, -0.25) is 4.90 Å². The average molecular weight is 315 g/mol. The van der Waals surface area contributed by atoms with E-state index in [2.05, 4.69) is 15.9 Å². The number of hydrogen-bond acceptors (Lipinski definition) is 4. The Hall–Kier alpha value is -0.460. The first-order valence-electron chi connectivity index (χ1n) is 6.10. The summed E-state index contributed by atoms with van der Waals surface area (Å²) >= 11 is 3.45. The molecule has 2 rings (SSSR count). The lowest BCUT2D eigenvalue weighted by Gasteiger charge is -2.31. The van der Waals surface area contributed by atoms with Gasteiger partial charge in [-0.15, -0.1) is 0 Å². The van der Waals surface area contributed by atoms with Crippen LogP contribution in [0, 0.1) is 0 Å². The van der Waals surface area contributed by atoms with E-state index in [0.717, 1.165) is 10.0 Å². The molecular weight excluding hydrogens is 296 g/mol. The number of benzene rings is 1. The first-order valence-corrected chi connectivity index (χ1v) is 6.89. The van der Waals surface area contributed by atoms with E-state index in [9.17, 15) is 10.2 Å². The van der Waals surface area contributed by atoms with Gasteiger partial charge in [-0.05, 0) is 24.6 Å². The Morgan fingerprint density at radius 1 is 1.33 bits per heavy atom. The first-order chi connectivity index (χ1) is 8.49. The van der Waals surface area contributed by atoms with Crippen molar-refractivity contribution in [2.75, 3.05) is 13.1 Å². The Balaban J connectivity index is 2.24. The quantitative estimate of drug-likeness (QED) is 0.774. The van der Waals surface area contributed by atoms with Gasteiger partial charge in [0.15, 0.2) is 0 Å². The maximum Gasteiger partial charge on any atom is 0.0938 e. The highest BCUT2D eigenvalue weighted by Gasteiger charge is 2.35. The van der Waals surface area contributed by atoms with Crippen LogP contribution in [-0.2, 0) is 0 Å². The molecule has 1 fully saturated rings. The zero-order chi connectivity index (χ0) is 13.3. The molecular formula is C13H19BrN2O2. The summed E-state index contributed by atoms with van der Waals surface area (Å²) in [7, 11) is 0. The topological polar surface area (TPSA) is 69.7 Å². The van der Waals surface area contributed by atoms with E-state index in [1.54, 1.807) is 0 Å². The highest BCUT2D eigenvalue weighted by molar-refractivity contribution is 9.10. The highest BCUT2D eigenvalue weighted by atomic mass is 79.9. The van der Waals surface area contributed by atoms with Crippen LogP contribution >= 0.6 is 15.9 Å². The summed E-state index contributed by atoms with van der Waals surface area (Å²) in [6.45, 7) is 2.86. The van der Waals surface area contributed by atoms with Crippen LogP contribution in [0.5, 0.6) is 0 Å². The second kappa shape index (κ2) is 5.67. The Morgan fingerprint density at radius 3 is 2.44 bits per heavy atom. The Labute approximate surface area is 116 Å². The zero-order valence-corrected chi connectivity index (χ0v) is 11.9. The maximum atomic E-state index is 9.66. The van der Waals surface area contributed by atoms with Crippen molar-refractivity contribution in [3.05, 3.63) is 34.3 Å². The molecule has 4 nitrogen and oxygen atoms in total. The van der Waals surface area contributed by atoms with Gasteiger partial charge in [-0.1, -0.05) is 28.1 Å². The second-order valence-corrected chi connectivity index (χ2v) is 5.86. The molecule has 18 heavy (non-hydrogen) atoms. The van der Waals surface area contributed by atoms with Crippen molar-refractivity contribution in [3.8, 4) is 0 Å². The van der Waals surface area contributed by atoms with Crippen LogP contribution in [-0.4, -0.2) is 46.5 Å². The second-order valence-electron chi connectivity index (χ2n) is 4.95. The number of rotatable bonds is 3. The van der Waals surface area contributed by atoms with Crippen LogP contribution in [0.2, 0.25) is 0 Å². The fraction of sp³-hybridized carbons (Fsp3) is 0.538. The van der Waals surface area contributed by atoms with Gasteiger partial charge in [0, 0.05) is 29.6 Å². The van der Waals surface area contributed by atoms with E-state index in [4.69, 9.17) is 5.73 Å². The maximum absolute atomic E-state index is 9.66. The number of aliphatic hydroxyl groups excluding tert-OH is 2. The van der Waals surface area contributed by atoms with Crippen molar-refractivity contribution in [3.63, 3.8) is 0 Å². The Morgan fingerprint density at radius 2 is 1.94 bits per heavy atom.